The number of piperazine rings is 1. The van der Waals surface area contributed by atoms with E-state index in [-0.39, 0.29) is 17.4 Å². The molecule has 0 aliphatic carbocycles. The Kier molecular flexibility index (Phi) is 6.09. The largest absolute Gasteiger partial charge is 0.367 e. The van der Waals surface area contributed by atoms with Gasteiger partial charge in [0.15, 0.2) is 5.82 Å². The number of rotatable bonds is 6. The Morgan fingerprint density at radius 3 is 2.44 bits per heavy atom. The first-order chi connectivity index (χ1) is 12.9. The van der Waals surface area contributed by atoms with E-state index >= 15 is 0 Å². The summed E-state index contributed by atoms with van der Waals surface area (Å²) in [5, 5.41) is 12.6. The lowest BCUT2D eigenvalue weighted by molar-refractivity contribution is 0.155. The molecule has 2 heterocycles. The predicted molar refractivity (Wildman–Crippen MR) is 105 cm³/mol. The molecule has 1 atom stereocenters. The summed E-state index contributed by atoms with van der Waals surface area (Å²) in [5.74, 6) is 0.792. The summed E-state index contributed by atoms with van der Waals surface area (Å²) in [6.07, 6.45) is 3.31. The van der Waals surface area contributed by atoms with Crippen LogP contribution in [-0.4, -0.2) is 51.3 Å². The van der Waals surface area contributed by atoms with Crippen LogP contribution in [0.15, 0.2) is 24.3 Å². The first kappa shape index (κ1) is 19.7. The molecule has 0 radical (unpaired) electrons. The van der Waals surface area contributed by atoms with E-state index in [1.54, 1.807) is 6.07 Å². The van der Waals surface area contributed by atoms with Gasteiger partial charge in [-0.1, -0.05) is 31.9 Å². The van der Waals surface area contributed by atoms with Crippen LogP contribution >= 0.6 is 0 Å². The summed E-state index contributed by atoms with van der Waals surface area (Å²) < 4.78 is 16.1. The molecule has 6 nitrogen and oxygen atoms in total. The van der Waals surface area contributed by atoms with Gasteiger partial charge in [-0.2, -0.15) is 0 Å². The Bertz CT molecular complexity index is 730. The fraction of sp³-hybridized carbons (Fsp3) is 0.650. The molecule has 1 aliphatic heterocycles. The molecule has 1 aliphatic rings. The van der Waals surface area contributed by atoms with Gasteiger partial charge in [0.2, 0.25) is 0 Å². The minimum absolute atomic E-state index is 0.148. The molecule has 0 bridgehead atoms. The first-order valence-electron chi connectivity index (χ1n) is 9.94. The highest BCUT2D eigenvalue weighted by atomic mass is 19.1. The molecule has 0 unspecified atom stereocenters. The third-order valence-electron chi connectivity index (χ3n) is 5.21. The van der Waals surface area contributed by atoms with Crippen LogP contribution in [0, 0.1) is 5.82 Å². The van der Waals surface area contributed by atoms with Crippen LogP contribution < -0.4 is 4.90 Å². The highest BCUT2D eigenvalue weighted by Crippen LogP contribution is 2.30. The molecular formula is C20H31FN6. The summed E-state index contributed by atoms with van der Waals surface area (Å²) >= 11 is 0. The number of nitrogens with zero attached hydrogens (tertiary/aromatic N) is 6. The maximum Gasteiger partial charge on any atom is 0.168 e. The Balaban J connectivity index is 1.76. The molecule has 27 heavy (non-hydrogen) atoms. The number of halogens is 1. The van der Waals surface area contributed by atoms with E-state index < -0.39 is 0 Å². The highest BCUT2D eigenvalue weighted by Gasteiger charge is 2.31. The Hall–Kier alpha value is -2.02. The van der Waals surface area contributed by atoms with Gasteiger partial charge in [-0.15, -0.1) is 5.10 Å². The molecule has 0 saturated carbocycles. The number of hydrogen-bond donors (Lipinski definition) is 0. The SMILES string of the molecule is CCCC[C@H](c1nnnn1C(C)(C)C)N1CCN(c2ccccc2F)CC1. The second-order valence-electron chi connectivity index (χ2n) is 8.25. The molecule has 7 heteroatoms. The molecule has 0 spiro atoms. The molecule has 1 fully saturated rings. The van der Waals surface area contributed by atoms with E-state index in [0.29, 0.717) is 5.69 Å². The third-order valence-corrected chi connectivity index (χ3v) is 5.21. The van der Waals surface area contributed by atoms with Crippen LogP contribution in [0.3, 0.4) is 0 Å². The van der Waals surface area contributed by atoms with Crippen LogP contribution in [-0.2, 0) is 5.54 Å². The van der Waals surface area contributed by atoms with E-state index in [9.17, 15) is 4.39 Å². The topological polar surface area (TPSA) is 50.1 Å². The summed E-state index contributed by atoms with van der Waals surface area (Å²) in [6.45, 7) is 11.9. The van der Waals surface area contributed by atoms with Gasteiger partial charge in [-0.05, 0) is 49.8 Å². The molecule has 3 rings (SSSR count). The normalized spacial score (nSPS) is 17.3. The van der Waals surface area contributed by atoms with Gasteiger partial charge < -0.3 is 4.90 Å². The van der Waals surface area contributed by atoms with E-state index in [4.69, 9.17) is 0 Å². The molecule has 1 saturated heterocycles. The minimum atomic E-state index is -0.154. The highest BCUT2D eigenvalue weighted by molar-refractivity contribution is 5.48. The van der Waals surface area contributed by atoms with Gasteiger partial charge in [0.25, 0.3) is 0 Å². The molecule has 2 aromatic rings. The second kappa shape index (κ2) is 8.33. The number of tetrazole rings is 1. The Morgan fingerprint density at radius 2 is 1.81 bits per heavy atom. The zero-order valence-electron chi connectivity index (χ0n) is 16.9. The van der Waals surface area contributed by atoms with E-state index in [1.807, 2.05) is 16.8 Å². The van der Waals surface area contributed by atoms with Gasteiger partial charge >= 0.3 is 0 Å². The van der Waals surface area contributed by atoms with E-state index in [1.165, 1.54) is 6.07 Å². The van der Waals surface area contributed by atoms with Crippen LogP contribution in [0.1, 0.15) is 58.8 Å². The molecule has 1 aromatic heterocycles. The van der Waals surface area contributed by atoms with Crippen molar-refractivity contribution >= 4 is 5.69 Å². The average molecular weight is 375 g/mol. The summed E-state index contributed by atoms with van der Waals surface area (Å²) in [6, 6.07) is 7.22. The predicted octanol–water partition coefficient (Wildman–Crippen LogP) is 3.62. The van der Waals surface area contributed by atoms with Crippen molar-refractivity contribution < 1.29 is 4.39 Å². The minimum Gasteiger partial charge on any atom is -0.367 e. The number of benzene rings is 1. The van der Waals surface area contributed by atoms with Crippen LogP contribution in [0.4, 0.5) is 10.1 Å². The number of para-hydroxylation sites is 1. The van der Waals surface area contributed by atoms with Crippen molar-refractivity contribution in [3.63, 3.8) is 0 Å². The van der Waals surface area contributed by atoms with Gasteiger partial charge in [0.1, 0.15) is 5.82 Å². The smallest absolute Gasteiger partial charge is 0.168 e. The van der Waals surface area contributed by atoms with Crippen LogP contribution in [0.2, 0.25) is 0 Å². The number of hydrogen-bond acceptors (Lipinski definition) is 5. The molecule has 148 valence electrons. The fourth-order valence-corrected chi connectivity index (χ4v) is 3.73. The zero-order valence-corrected chi connectivity index (χ0v) is 16.9. The third kappa shape index (κ3) is 4.46. The molecule has 0 N–H and O–H groups in total. The number of aromatic nitrogens is 4. The maximum atomic E-state index is 14.1. The number of unbranched alkanes of at least 4 members (excludes halogenated alkanes) is 1. The van der Waals surface area contributed by atoms with E-state index in [2.05, 4.69) is 53.0 Å². The summed E-state index contributed by atoms with van der Waals surface area (Å²) in [5.41, 5.74) is 0.542. The lowest BCUT2D eigenvalue weighted by Crippen LogP contribution is -2.48. The Labute approximate surface area is 161 Å². The van der Waals surface area contributed by atoms with Crippen molar-refractivity contribution in [1.29, 1.82) is 0 Å². The van der Waals surface area contributed by atoms with Gasteiger partial charge in [-0.3, -0.25) is 4.90 Å². The lowest BCUT2D eigenvalue weighted by atomic mass is 10.0. The molecule has 0 amide bonds. The van der Waals surface area contributed by atoms with Crippen molar-refractivity contribution in [2.24, 2.45) is 0 Å². The average Bonchev–Trinajstić information content (AvgIpc) is 3.13. The van der Waals surface area contributed by atoms with Crippen LogP contribution in [0.5, 0.6) is 0 Å². The van der Waals surface area contributed by atoms with Crippen molar-refractivity contribution in [2.45, 2.75) is 58.5 Å². The van der Waals surface area contributed by atoms with Gasteiger partial charge in [0, 0.05) is 26.2 Å². The Morgan fingerprint density at radius 1 is 1.11 bits per heavy atom. The van der Waals surface area contributed by atoms with Crippen molar-refractivity contribution in [3.8, 4) is 0 Å². The second-order valence-corrected chi connectivity index (χ2v) is 8.25. The van der Waals surface area contributed by atoms with Crippen LogP contribution in [0.25, 0.3) is 0 Å². The maximum absolute atomic E-state index is 14.1. The zero-order chi connectivity index (χ0) is 19.4. The van der Waals surface area contributed by atoms with Crippen molar-refractivity contribution in [1.82, 2.24) is 25.1 Å². The lowest BCUT2D eigenvalue weighted by Gasteiger charge is -2.40. The summed E-state index contributed by atoms with van der Waals surface area (Å²) in [4.78, 5) is 4.59. The quantitative estimate of drug-likeness (QED) is 0.773. The van der Waals surface area contributed by atoms with Crippen molar-refractivity contribution in [2.75, 3.05) is 31.1 Å². The first-order valence-corrected chi connectivity index (χ1v) is 9.94. The standard InChI is InChI=1S/C20H31FN6/c1-5-6-10-18(19-22-23-24-27(19)20(2,3)4)26-14-12-25(13-15-26)17-11-8-7-9-16(17)21/h7-9,11,18H,5-6,10,12-15H2,1-4H3/t18-/m1/s1. The monoisotopic (exact) mass is 374 g/mol. The van der Waals surface area contributed by atoms with Gasteiger partial charge in [0.05, 0.1) is 17.3 Å². The van der Waals surface area contributed by atoms with Gasteiger partial charge in [-0.25, -0.2) is 9.07 Å². The van der Waals surface area contributed by atoms with E-state index in [0.717, 1.165) is 51.3 Å². The number of anilines is 1. The summed E-state index contributed by atoms with van der Waals surface area (Å²) in [7, 11) is 0. The van der Waals surface area contributed by atoms with Crippen molar-refractivity contribution in [3.05, 3.63) is 35.9 Å². The molecular weight excluding hydrogens is 343 g/mol. The molecule has 1 aromatic carbocycles. The fourth-order valence-electron chi connectivity index (χ4n) is 3.73.